The molecule has 1 aliphatic heterocycles. The number of amides is 1. The van der Waals surface area contributed by atoms with Gasteiger partial charge in [-0.2, -0.15) is 0 Å². The number of nitrogens with one attached hydrogen (secondary N) is 1. The number of para-hydroxylation sites is 1. The molecule has 2 atom stereocenters. The Bertz CT molecular complexity index is 774. The van der Waals surface area contributed by atoms with E-state index in [2.05, 4.69) is 30.3 Å². The summed E-state index contributed by atoms with van der Waals surface area (Å²) in [6.45, 7) is 6.50. The Balaban J connectivity index is 0.00000225. The smallest absolute Gasteiger partial charge is 0.274 e. The van der Waals surface area contributed by atoms with E-state index in [4.69, 9.17) is 10.6 Å². The van der Waals surface area contributed by atoms with Crippen molar-refractivity contribution in [2.75, 3.05) is 18.8 Å². The van der Waals surface area contributed by atoms with Gasteiger partial charge >= 0.3 is 0 Å². The van der Waals surface area contributed by atoms with Crippen molar-refractivity contribution >= 4 is 36.4 Å². The summed E-state index contributed by atoms with van der Waals surface area (Å²) in [6, 6.07) is 17.4. The van der Waals surface area contributed by atoms with E-state index in [0.29, 0.717) is 11.5 Å². The summed E-state index contributed by atoms with van der Waals surface area (Å²) in [6.07, 6.45) is 2.69. The Morgan fingerprint density at radius 2 is 1.80 bits per heavy atom. The molecule has 0 radical (unpaired) electrons. The van der Waals surface area contributed by atoms with E-state index in [1.807, 2.05) is 36.4 Å². The van der Waals surface area contributed by atoms with E-state index in [1.54, 1.807) is 12.1 Å². The summed E-state index contributed by atoms with van der Waals surface area (Å²) in [4.78, 5) is 20.7. The van der Waals surface area contributed by atoms with Crippen molar-refractivity contribution in [1.29, 1.82) is 0 Å². The van der Waals surface area contributed by atoms with Gasteiger partial charge in [0, 0.05) is 23.8 Å². The van der Waals surface area contributed by atoms with Crippen LogP contribution in [0.25, 0.3) is 0 Å². The number of carbonyl (C=O) groups is 1. The highest BCUT2D eigenvalue weighted by molar-refractivity contribution is 5.93. The van der Waals surface area contributed by atoms with E-state index in [1.165, 1.54) is 0 Å². The van der Waals surface area contributed by atoms with Crippen LogP contribution in [0, 0.1) is 5.92 Å². The summed E-state index contributed by atoms with van der Waals surface area (Å²) >= 11 is 0. The zero-order chi connectivity index (χ0) is 19.9. The lowest BCUT2D eigenvalue weighted by molar-refractivity contribution is -0.0276. The maximum atomic E-state index is 12.3. The molecule has 0 spiro atoms. The molecule has 0 aromatic heterocycles. The highest BCUT2D eigenvalue weighted by Crippen LogP contribution is 2.34. The predicted molar refractivity (Wildman–Crippen MR) is 127 cm³/mol. The Hall–Kier alpha value is -1.79. The molecule has 166 valence electrons. The van der Waals surface area contributed by atoms with Gasteiger partial charge in [0.05, 0.1) is 6.10 Å². The third-order valence-electron chi connectivity index (χ3n) is 5.21. The molecule has 1 saturated heterocycles. The van der Waals surface area contributed by atoms with Crippen molar-refractivity contribution in [1.82, 2.24) is 10.4 Å². The molecule has 2 unspecified atom stereocenters. The molecule has 2 aromatic carbocycles. The first-order valence-electron chi connectivity index (χ1n) is 10.1. The van der Waals surface area contributed by atoms with Gasteiger partial charge in [-0.15, -0.1) is 24.8 Å². The quantitative estimate of drug-likeness (QED) is 0.475. The van der Waals surface area contributed by atoms with Gasteiger partial charge in [-0.3, -0.25) is 14.5 Å². The van der Waals surface area contributed by atoms with Crippen LogP contribution in [0.4, 0.5) is 5.69 Å². The second-order valence-corrected chi connectivity index (χ2v) is 7.95. The van der Waals surface area contributed by atoms with Crippen LogP contribution in [0.1, 0.15) is 55.1 Å². The van der Waals surface area contributed by atoms with Gasteiger partial charge in [0.25, 0.3) is 5.91 Å². The maximum Gasteiger partial charge on any atom is 0.274 e. The van der Waals surface area contributed by atoms with Crippen molar-refractivity contribution in [2.45, 2.75) is 45.3 Å². The molecular weight excluding hydrogens is 421 g/mol. The van der Waals surface area contributed by atoms with Crippen LogP contribution < -0.4 is 11.2 Å². The Kier molecular flexibility index (Phi) is 11.2. The van der Waals surface area contributed by atoms with Gasteiger partial charge in [0.2, 0.25) is 0 Å². The number of hydroxylamine groups is 1. The minimum absolute atomic E-state index is 0. The molecule has 3 rings (SSSR count). The SMILES string of the molecule is CC(C)CN1CCCC(ONC(=O)c2ccccc2)CC1c1ccccc1N.Cl.Cl. The summed E-state index contributed by atoms with van der Waals surface area (Å²) in [5, 5.41) is 0. The molecule has 2 aromatic rings. The second kappa shape index (κ2) is 12.8. The molecule has 1 fully saturated rings. The molecule has 1 heterocycles. The number of likely N-dealkylation sites (tertiary alicyclic amines) is 1. The first-order valence-corrected chi connectivity index (χ1v) is 10.1. The fourth-order valence-electron chi connectivity index (χ4n) is 3.91. The number of anilines is 1. The molecule has 0 bridgehead atoms. The summed E-state index contributed by atoms with van der Waals surface area (Å²) in [5.74, 6) is 0.363. The van der Waals surface area contributed by atoms with Gasteiger partial charge in [0.1, 0.15) is 0 Å². The minimum Gasteiger partial charge on any atom is -0.398 e. The molecule has 0 saturated carbocycles. The van der Waals surface area contributed by atoms with E-state index in [0.717, 1.165) is 43.6 Å². The molecule has 3 N–H and O–H groups in total. The number of hydrogen-bond acceptors (Lipinski definition) is 4. The van der Waals surface area contributed by atoms with E-state index >= 15 is 0 Å². The zero-order valence-corrected chi connectivity index (χ0v) is 19.3. The first-order chi connectivity index (χ1) is 13.5. The van der Waals surface area contributed by atoms with Gasteiger partial charge in [-0.05, 0) is 55.5 Å². The Labute approximate surface area is 192 Å². The highest BCUT2D eigenvalue weighted by atomic mass is 35.5. The Morgan fingerprint density at radius 3 is 2.47 bits per heavy atom. The third kappa shape index (κ3) is 7.17. The number of benzene rings is 2. The third-order valence-corrected chi connectivity index (χ3v) is 5.21. The first kappa shape index (κ1) is 26.2. The van der Waals surface area contributed by atoms with Crippen LogP contribution in [0.5, 0.6) is 0 Å². The number of carbonyl (C=O) groups excluding carboxylic acids is 1. The summed E-state index contributed by atoms with van der Waals surface area (Å²) in [5.41, 5.74) is 11.5. The van der Waals surface area contributed by atoms with Crippen molar-refractivity contribution < 1.29 is 9.63 Å². The fraction of sp³-hybridized carbons (Fsp3) is 0.435. The predicted octanol–water partition coefficient (Wildman–Crippen LogP) is 5.03. The number of rotatable bonds is 6. The van der Waals surface area contributed by atoms with Crippen molar-refractivity contribution in [2.24, 2.45) is 5.92 Å². The molecule has 0 aliphatic carbocycles. The van der Waals surface area contributed by atoms with Crippen molar-refractivity contribution in [3.63, 3.8) is 0 Å². The number of halogens is 2. The lowest BCUT2D eigenvalue weighted by Crippen LogP contribution is -2.34. The van der Waals surface area contributed by atoms with Gasteiger partial charge in [-0.25, -0.2) is 5.48 Å². The maximum absolute atomic E-state index is 12.3. The number of hydrogen-bond donors (Lipinski definition) is 2. The normalized spacial score (nSPS) is 19.3. The van der Waals surface area contributed by atoms with E-state index in [9.17, 15) is 4.79 Å². The Morgan fingerprint density at radius 1 is 1.13 bits per heavy atom. The standard InChI is InChI=1S/C23H31N3O2.2ClH/c1-17(2)16-26-14-8-11-19(15-22(26)20-12-6-7-13-21(20)24)28-25-23(27)18-9-4-3-5-10-18;;/h3-7,9-10,12-13,17,19,22H,8,11,14-16,24H2,1-2H3,(H,25,27);2*1H. The summed E-state index contributed by atoms with van der Waals surface area (Å²) in [7, 11) is 0. The number of nitrogens with zero attached hydrogens (tertiary/aromatic N) is 1. The number of nitrogen functional groups attached to an aromatic ring is 1. The van der Waals surface area contributed by atoms with Crippen LogP contribution in [0.15, 0.2) is 54.6 Å². The lowest BCUT2D eigenvalue weighted by Gasteiger charge is -2.33. The average Bonchev–Trinajstić information content (AvgIpc) is 2.89. The van der Waals surface area contributed by atoms with Crippen molar-refractivity contribution in [3.8, 4) is 0 Å². The minimum atomic E-state index is -0.209. The van der Waals surface area contributed by atoms with Gasteiger partial charge in [-0.1, -0.05) is 50.2 Å². The van der Waals surface area contributed by atoms with Crippen molar-refractivity contribution in [3.05, 3.63) is 65.7 Å². The van der Waals surface area contributed by atoms with Gasteiger partial charge in [0.15, 0.2) is 0 Å². The average molecular weight is 454 g/mol. The molecule has 30 heavy (non-hydrogen) atoms. The van der Waals surface area contributed by atoms with Crippen LogP contribution in [0.3, 0.4) is 0 Å². The fourth-order valence-corrected chi connectivity index (χ4v) is 3.91. The largest absolute Gasteiger partial charge is 0.398 e. The highest BCUT2D eigenvalue weighted by Gasteiger charge is 2.30. The van der Waals surface area contributed by atoms with Crippen LogP contribution >= 0.6 is 24.8 Å². The molecule has 1 amide bonds. The molecule has 7 heteroatoms. The van der Waals surface area contributed by atoms with Gasteiger partial charge < -0.3 is 5.73 Å². The van der Waals surface area contributed by atoms with E-state index < -0.39 is 0 Å². The van der Waals surface area contributed by atoms with E-state index in [-0.39, 0.29) is 42.9 Å². The topological polar surface area (TPSA) is 67.6 Å². The molecule has 1 aliphatic rings. The molecule has 5 nitrogen and oxygen atoms in total. The lowest BCUT2D eigenvalue weighted by atomic mass is 9.97. The van der Waals surface area contributed by atoms with Crippen LogP contribution in [-0.2, 0) is 4.84 Å². The second-order valence-electron chi connectivity index (χ2n) is 7.95. The molecular formula is C23H33Cl2N3O2. The zero-order valence-electron chi connectivity index (χ0n) is 17.6. The summed E-state index contributed by atoms with van der Waals surface area (Å²) < 4.78 is 0. The monoisotopic (exact) mass is 453 g/mol. The van der Waals surface area contributed by atoms with Crippen LogP contribution in [0.2, 0.25) is 0 Å². The van der Waals surface area contributed by atoms with Crippen LogP contribution in [-0.4, -0.2) is 30.0 Å². The number of nitrogens with two attached hydrogens (primary N) is 1.